The number of ether oxygens (including phenoxy) is 1. The van der Waals surface area contributed by atoms with Crippen LogP contribution in [0.4, 0.5) is 24.5 Å². The molecule has 0 aromatic heterocycles. The lowest BCUT2D eigenvalue weighted by molar-refractivity contribution is -0.161. The third-order valence-electron chi connectivity index (χ3n) is 6.37. The van der Waals surface area contributed by atoms with Crippen LogP contribution in [0, 0.1) is 5.92 Å². The van der Waals surface area contributed by atoms with Crippen LogP contribution in [0.1, 0.15) is 45.2 Å². The summed E-state index contributed by atoms with van der Waals surface area (Å²) in [7, 11) is 0. The van der Waals surface area contributed by atoms with Crippen molar-refractivity contribution in [3.05, 3.63) is 60.2 Å². The van der Waals surface area contributed by atoms with Crippen molar-refractivity contribution in [2.75, 3.05) is 56.2 Å². The van der Waals surface area contributed by atoms with E-state index in [1.165, 1.54) is 12.1 Å². The Bertz CT molecular complexity index is 1060. The van der Waals surface area contributed by atoms with Gasteiger partial charge in [0.2, 0.25) is 5.91 Å². The van der Waals surface area contributed by atoms with Crippen LogP contribution in [0.15, 0.2) is 59.6 Å². The molecule has 9 nitrogen and oxygen atoms in total. The molecule has 2 aromatic carbocycles. The van der Waals surface area contributed by atoms with Gasteiger partial charge in [0.1, 0.15) is 6.04 Å². The molecule has 2 aromatic rings. The Labute approximate surface area is 247 Å². The predicted molar refractivity (Wildman–Crippen MR) is 164 cm³/mol. The molecule has 234 valence electrons. The summed E-state index contributed by atoms with van der Waals surface area (Å²) in [6.07, 6.45) is -3.23. The van der Waals surface area contributed by atoms with E-state index in [0.29, 0.717) is 19.5 Å². The number of aliphatic imine (C=N–C) groups is 1. The lowest BCUT2D eigenvalue weighted by Gasteiger charge is -2.29. The van der Waals surface area contributed by atoms with Gasteiger partial charge in [0.25, 0.3) is 0 Å². The molecule has 0 spiro atoms. The summed E-state index contributed by atoms with van der Waals surface area (Å²) in [5, 5.41) is 8.59. The summed E-state index contributed by atoms with van der Waals surface area (Å²) < 4.78 is 46.8. The molecular weight excluding hydrogens is 547 g/mol. The molecule has 12 heteroatoms. The maximum absolute atomic E-state index is 13.8. The average Bonchev–Trinajstić information content (AvgIpc) is 2.97. The number of rotatable bonds is 13. The normalized spacial score (nSPS) is 14.8. The van der Waals surface area contributed by atoms with E-state index in [2.05, 4.69) is 25.8 Å². The van der Waals surface area contributed by atoms with Crippen molar-refractivity contribution in [3.63, 3.8) is 0 Å². The second-order valence-corrected chi connectivity index (χ2v) is 10.4. The number of benzene rings is 2. The third-order valence-corrected chi connectivity index (χ3v) is 6.37. The third kappa shape index (κ3) is 13.0. The summed E-state index contributed by atoms with van der Waals surface area (Å²) in [5.74, 6) is -0.207. The van der Waals surface area contributed by atoms with Gasteiger partial charge in [-0.25, -0.2) is 0 Å². The molecule has 0 radical (unpaired) electrons. The first-order chi connectivity index (χ1) is 20.0. The fourth-order valence-electron chi connectivity index (χ4n) is 4.32. The van der Waals surface area contributed by atoms with Crippen LogP contribution in [-0.4, -0.2) is 70.0 Å². The Morgan fingerprint density at radius 3 is 2.19 bits per heavy atom. The quantitative estimate of drug-likeness (QED) is 0.135. The van der Waals surface area contributed by atoms with E-state index < -0.39 is 24.2 Å². The van der Waals surface area contributed by atoms with Crippen LogP contribution in [0.25, 0.3) is 0 Å². The number of amides is 1. The first-order valence-electron chi connectivity index (χ1n) is 14.4. The smallest absolute Gasteiger partial charge is 0.383 e. The number of alkyl halides is 3. The molecule has 7 N–H and O–H groups in total. The summed E-state index contributed by atoms with van der Waals surface area (Å²) in [6, 6.07) is 12.8. The fourth-order valence-corrected chi connectivity index (χ4v) is 4.32. The highest BCUT2D eigenvalue weighted by atomic mass is 19.4. The number of hydrogen-bond acceptors (Lipinski definition) is 6. The largest absolute Gasteiger partial charge is 0.407 e. The van der Waals surface area contributed by atoms with E-state index in [4.69, 9.17) is 16.2 Å². The SMILES string of the molecule is CC(C)CC(NC(c1ccccc1)C(F)(F)F)C(=O)NCCNc1ccc(N2CCOCC2)cc1.CCCN=C(N)N. The zero-order valence-electron chi connectivity index (χ0n) is 24.8. The number of carbonyl (C=O) groups is 1. The predicted octanol–water partition coefficient (Wildman–Crippen LogP) is 4.03. The molecule has 3 rings (SSSR count). The molecular formula is C30H46F3N7O2. The number of nitrogens with one attached hydrogen (secondary N) is 3. The van der Waals surface area contributed by atoms with Gasteiger partial charge in [-0.05, 0) is 48.6 Å². The lowest BCUT2D eigenvalue weighted by atomic mass is 9.99. The van der Waals surface area contributed by atoms with Crippen LogP contribution >= 0.6 is 0 Å². The minimum atomic E-state index is -4.52. The van der Waals surface area contributed by atoms with Crippen molar-refractivity contribution in [3.8, 4) is 0 Å². The lowest BCUT2D eigenvalue weighted by Crippen LogP contribution is -2.50. The second kappa shape index (κ2) is 18.1. The highest BCUT2D eigenvalue weighted by Gasteiger charge is 2.42. The van der Waals surface area contributed by atoms with E-state index in [0.717, 1.165) is 50.6 Å². The van der Waals surface area contributed by atoms with Crippen molar-refractivity contribution >= 4 is 23.2 Å². The van der Waals surface area contributed by atoms with Crippen molar-refractivity contribution < 1.29 is 22.7 Å². The van der Waals surface area contributed by atoms with Crippen molar-refractivity contribution in [1.29, 1.82) is 0 Å². The van der Waals surface area contributed by atoms with Crippen LogP contribution in [-0.2, 0) is 9.53 Å². The average molecular weight is 594 g/mol. The van der Waals surface area contributed by atoms with Crippen LogP contribution in [0.3, 0.4) is 0 Å². The molecule has 42 heavy (non-hydrogen) atoms. The number of morpholine rings is 1. The zero-order chi connectivity index (χ0) is 31.0. The Morgan fingerprint density at radius 2 is 1.67 bits per heavy atom. The maximum Gasteiger partial charge on any atom is 0.407 e. The van der Waals surface area contributed by atoms with E-state index in [1.807, 2.05) is 45.0 Å². The molecule has 1 fully saturated rings. The van der Waals surface area contributed by atoms with E-state index in [1.54, 1.807) is 18.2 Å². The number of nitrogens with zero attached hydrogens (tertiary/aromatic N) is 2. The van der Waals surface area contributed by atoms with E-state index in [-0.39, 0.29) is 17.4 Å². The van der Waals surface area contributed by atoms with Gasteiger partial charge in [0, 0.05) is 44.1 Å². The summed E-state index contributed by atoms with van der Waals surface area (Å²) in [5.41, 5.74) is 12.1. The minimum absolute atomic E-state index is 0.0472. The van der Waals surface area contributed by atoms with Crippen molar-refractivity contribution in [1.82, 2.24) is 10.6 Å². The number of nitrogens with two attached hydrogens (primary N) is 2. The summed E-state index contributed by atoms with van der Waals surface area (Å²) in [6.45, 7) is 10.5. The van der Waals surface area contributed by atoms with E-state index in [9.17, 15) is 18.0 Å². The monoisotopic (exact) mass is 593 g/mol. The molecule has 1 heterocycles. The number of carbonyl (C=O) groups excluding carboxylic acids is 1. The van der Waals surface area contributed by atoms with Crippen molar-refractivity contribution in [2.24, 2.45) is 22.4 Å². The van der Waals surface area contributed by atoms with E-state index >= 15 is 0 Å². The number of hydrogen-bond donors (Lipinski definition) is 5. The Morgan fingerprint density at radius 1 is 1.02 bits per heavy atom. The van der Waals surface area contributed by atoms with Gasteiger partial charge in [-0.15, -0.1) is 0 Å². The molecule has 2 atom stereocenters. The molecule has 1 aliphatic heterocycles. The Kier molecular flexibility index (Phi) is 15.0. The fraction of sp³-hybridized carbons (Fsp3) is 0.533. The second-order valence-electron chi connectivity index (χ2n) is 10.4. The first kappa shape index (κ1) is 34.7. The zero-order valence-corrected chi connectivity index (χ0v) is 24.8. The standard InChI is InChI=1S/C26H35F3N4O2.C4H11N3/c1-19(2)18-23(32-24(26(27,28)29)20-6-4-3-5-7-20)25(34)31-13-12-30-21-8-10-22(11-9-21)33-14-16-35-17-15-33;1-2-3-7-4(5)6/h3-11,19,23-24,30,32H,12-18H2,1-2H3,(H,31,34);2-3H2,1H3,(H4,5,6,7). The molecule has 2 unspecified atom stereocenters. The van der Waals surface area contributed by atoms with Crippen molar-refractivity contribution in [2.45, 2.75) is 51.9 Å². The van der Waals surface area contributed by atoms with Gasteiger partial charge in [0.05, 0.1) is 19.3 Å². The number of guanidine groups is 1. The highest BCUT2D eigenvalue weighted by molar-refractivity contribution is 5.81. The molecule has 0 aliphatic carbocycles. The summed E-state index contributed by atoms with van der Waals surface area (Å²) >= 11 is 0. The highest BCUT2D eigenvalue weighted by Crippen LogP contribution is 2.33. The summed E-state index contributed by atoms with van der Waals surface area (Å²) in [4.78, 5) is 18.8. The maximum atomic E-state index is 13.8. The van der Waals surface area contributed by atoms with Gasteiger partial charge in [-0.3, -0.25) is 15.1 Å². The van der Waals surface area contributed by atoms with Gasteiger partial charge in [0.15, 0.2) is 5.96 Å². The first-order valence-corrected chi connectivity index (χ1v) is 14.4. The van der Waals surface area contributed by atoms with Crippen LogP contribution < -0.4 is 32.3 Å². The van der Waals surface area contributed by atoms with Gasteiger partial charge in [-0.1, -0.05) is 51.1 Å². The molecule has 0 bridgehead atoms. The topological polar surface area (TPSA) is 130 Å². The van der Waals surface area contributed by atoms with Gasteiger partial charge in [-0.2, -0.15) is 13.2 Å². The Balaban J connectivity index is 0.000000782. The van der Waals surface area contributed by atoms with Gasteiger partial charge >= 0.3 is 6.18 Å². The minimum Gasteiger partial charge on any atom is -0.383 e. The molecule has 1 aliphatic rings. The molecule has 0 saturated carbocycles. The number of anilines is 2. The Hall–Kier alpha value is -3.51. The van der Waals surface area contributed by atoms with Gasteiger partial charge < -0.3 is 31.7 Å². The molecule has 1 saturated heterocycles. The van der Waals surface area contributed by atoms with Crippen LogP contribution in [0.5, 0.6) is 0 Å². The number of halogens is 3. The van der Waals surface area contributed by atoms with Crippen LogP contribution in [0.2, 0.25) is 0 Å². The molecule has 1 amide bonds.